The van der Waals surface area contributed by atoms with Crippen LogP contribution < -0.4 is 15.5 Å². The maximum Gasteiger partial charge on any atom is 0.274 e. The Morgan fingerprint density at radius 2 is 1.89 bits per heavy atom. The Hall–Kier alpha value is -3.84. The van der Waals surface area contributed by atoms with E-state index in [1.54, 1.807) is 23.7 Å². The molecular weight excluding hydrogens is 356 g/mol. The first-order chi connectivity index (χ1) is 13.7. The number of carbonyl (C=O) groups is 1. The zero-order valence-corrected chi connectivity index (χ0v) is 14.8. The zero-order chi connectivity index (χ0) is 19.3. The van der Waals surface area contributed by atoms with E-state index in [1.165, 1.54) is 0 Å². The van der Waals surface area contributed by atoms with Crippen molar-refractivity contribution in [2.24, 2.45) is 0 Å². The summed E-state index contributed by atoms with van der Waals surface area (Å²) in [4.78, 5) is 19.1. The lowest BCUT2D eigenvalue weighted by Crippen LogP contribution is -2.18. The van der Waals surface area contributed by atoms with E-state index < -0.39 is 5.91 Å². The maximum absolute atomic E-state index is 11.5. The molecular formula is C21H18N4O3. The molecule has 1 heterocycles. The number of aromatic amines is 1. The van der Waals surface area contributed by atoms with Crippen LogP contribution in [0.2, 0.25) is 0 Å². The van der Waals surface area contributed by atoms with Gasteiger partial charge >= 0.3 is 0 Å². The summed E-state index contributed by atoms with van der Waals surface area (Å²) >= 11 is 0. The number of carbonyl (C=O) groups excluding carboxylic acids is 1. The normalized spacial score (nSPS) is 10.6. The van der Waals surface area contributed by atoms with Crippen LogP contribution in [0, 0.1) is 0 Å². The number of nitrogens with zero attached hydrogens (tertiary/aromatic N) is 1. The lowest BCUT2D eigenvalue weighted by atomic mass is 10.2. The first kappa shape index (κ1) is 17.6. The molecule has 28 heavy (non-hydrogen) atoms. The molecule has 0 unspecified atom stereocenters. The molecule has 0 radical (unpaired) electrons. The molecule has 0 saturated heterocycles. The molecule has 140 valence electrons. The number of rotatable bonds is 6. The van der Waals surface area contributed by atoms with E-state index in [4.69, 9.17) is 9.94 Å². The minimum Gasteiger partial charge on any atom is -0.489 e. The minimum atomic E-state index is -0.575. The van der Waals surface area contributed by atoms with Crippen molar-refractivity contribution in [3.8, 4) is 5.75 Å². The number of anilines is 2. The first-order valence-electron chi connectivity index (χ1n) is 8.69. The van der Waals surface area contributed by atoms with Crippen LogP contribution in [0.15, 0.2) is 72.8 Å². The molecule has 0 fully saturated rings. The third-order valence-electron chi connectivity index (χ3n) is 4.19. The molecule has 3 aromatic carbocycles. The molecule has 0 spiro atoms. The number of imidazole rings is 1. The number of benzene rings is 3. The van der Waals surface area contributed by atoms with Gasteiger partial charge in [0.25, 0.3) is 5.91 Å². The van der Waals surface area contributed by atoms with Gasteiger partial charge in [-0.05, 0) is 35.9 Å². The van der Waals surface area contributed by atoms with Crippen molar-refractivity contribution < 1.29 is 14.7 Å². The number of hydrogen-bond acceptors (Lipinski definition) is 5. The number of hydroxylamine groups is 1. The van der Waals surface area contributed by atoms with Gasteiger partial charge in [0, 0.05) is 17.3 Å². The fourth-order valence-corrected chi connectivity index (χ4v) is 2.82. The quantitative estimate of drug-likeness (QED) is 0.302. The molecule has 0 aliphatic rings. The molecule has 4 rings (SSSR count). The van der Waals surface area contributed by atoms with Gasteiger partial charge in [-0.1, -0.05) is 36.4 Å². The third kappa shape index (κ3) is 3.94. The Morgan fingerprint density at radius 3 is 2.71 bits per heavy atom. The largest absolute Gasteiger partial charge is 0.489 e. The molecule has 1 amide bonds. The Labute approximate surface area is 161 Å². The summed E-state index contributed by atoms with van der Waals surface area (Å²) in [5.74, 6) is 0.706. The third-order valence-corrected chi connectivity index (χ3v) is 4.19. The van der Waals surface area contributed by atoms with Crippen LogP contribution in [0.5, 0.6) is 5.75 Å². The van der Waals surface area contributed by atoms with Crippen molar-refractivity contribution in [1.29, 1.82) is 0 Å². The molecule has 0 bridgehead atoms. The average Bonchev–Trinajstić information content (AvgIpc) is 3.14. The predicted molar refractivity (Wildman–Crippen MR) is 106 cm³/mol. The highest BCUT2D eigenvalue weighted by Gasteiger charge is 2.09. The van der Waals surface area contributed by atoms with Crippen LogP contribution in [0.25, 0.3) is 11.0 Å². The van der Waals surface area contributed by atoms with E-state index >= 15 is 0 Å². The maximum atomic E-state index is 11.5. The van der Waals surface area contributed by atoms with Gasteiger partial charge in [0.2, 0.25) is 5.95 Å². The van der Waals surface area contributed by atoms with Gasteiger partial charge < -0.3 is 15.0 Å². The summed E-state index contributed by atoms with van der Waals surface area (Å²) in [7, 11) is 0. The lowest BCUT2D eigenvalue weighted by molar-refractivity contribution is 0.0706. The Morgan fingerprint density at radius 1 is 1.04 bits per heavy atom. The molecule has 0 atom stereocenters. The van der Waals surface area contributed by atoms with Crippen molar-refractivity contribution in [3.63, 3.8) is 0 Å². The van der Waals surface area contributed by atoms with Gasteiger partial charge in [-0.3, -0.25) is 10.0 Å². The smallest absolute Gasteiger partial charge is 0.274 e. The Kier molecular flexibility index (Phi) is 4.90. The van der Waals surface area contributed by atoms with E-state index in [9.17, 15) is 4.79 Å². The minimum absolute atomic E-state index is 0.335. The number of nitrogens with one attached hydrogen (secondary N) is 3. The van der Waals surface area contributed by atoms with Gasteiger partial charge in [0.05, 0.1) is 11.0 Å². The summed E-state index contributed by atoms with van der Waals surface area (Å²) < 4.78 is 5.85. The molecule has 1 aromatic heterocycles. The predicted octanol–water partition coefficient (Wildman–Crippen LogP) is 4.00. The summed E-state index contributed by atoms with van der Waals surface area (Å²) in [5.41, 5.74) is 5.25. The van der Waals surface area contributed by atoms with Crippen molar-refractivity contribution in [2.45, 2.75) is 6.61 Å². The monoisotopic (exact) mass is 374 g/mol. The second-order valence-corrected chi connectivity index (χ2v) is 6.19. The Bertz CT molecular complexity index is 1110. The van der Waals surface area contributed by atoms with Gasteiger partial charge in [0.1, 0.15) is 12.4 Å². The fourth-order valence-electron chi connectivity index (χ4n) is 2.82. The van der Waals surface area contributed by atoms with Crippen LogP contribution >= 0.6 is 0 Å². The van der Waals surface area contributed by atoms with Gasteiger partial charge in [-0.2, -0.15) is 0 Å². The highest BCUT2D eigenvalue weighted by Crippen LogP contribution is 2.23. The standard InChI is InChI=1S/C21H18N4O3/c26-20(25-27)15-9-10-18-19(11-15)24-21(23-18)22-16-7-4-8-17(12-16)28-13-14-5-2-1-3-6-14/h1-12,27H,13H2,(H,25,26)(H2,22,23,24). The first-order valence-corrected chi connectivity index (χ1v) is 8.69. The topological polar surface area (TPSA) is 99.3 Å². The van der Waals surface area contributed by atoms with Crippen molar-refractivity contribution in [2.75, 3.05) is 5.32 Å². The molecule has 0 aliphatic carbocycles. The number of ether oxygens (including phenoxy) is 1. The van der Waals surface area contributed by atoms with E-state index in [2.05, 4.69) is 15.3 Å². The lowest BCUT2D eigenvalue weighted by Gasteiger charge is -2.08. The van der Waals surface area contributed by atoms with Crippen molar-refractivity contribution in [3.05, 3.63) is 83.9 Å². The zero-order valence-electron chi connectivity index (χ0n) is 14.8. The summed E-state index contributed by atoms with van der Waals surface area (Å²) in [6.45, 7) is 0.491. The van der Waals surface area contributed by atoms with Crippen LogP contribution in [0.1, 0.15) is 15.9 Å². The number of aromatic nitrogens is 2. The molecule has 7 heteroatoms. The fraction of sp³-hybridized carbons (Fsp3) is 0.0476. The van der Waals surface area contributed by atoms with Gasteiger partial charge in [-0.25, -0.2) is 10.5 Å². The second kappa shape index (κ2) is 7.81. The van der Waals surface area contributed by atoms with Gasteiger partial charge in [0.15, 0.2) is 0 Å². The van der Waals surface area contributed by atoms with Crippen LogP contribution in [-0.2, 0) is 6.61 Å². The highest BCUT2D eigenvalue weighted by atomic mass is 16.5. The van der Waals surface area contributed by atoms with E-state index in [1.807, 2.05) is 54.6 Å². The van der Waals surface area contributed by atoms with E-state index in [0.717, 1.165) is 17.0 Å². The highest BCUT2D eigenvalue weighted by molar-refractivity contribution is 5.97. The summed E-state index contributed by atoms with van der Waals surface area (Å²) in [6.07, 6.45) is 0. The molecule has 4 aromatic rings. The molecule has 0 saturated carbocycles. The second-order valence-electron chi connectivity index (χ2n) is 6.19. The van der Waals surface area contributed by atoms with Crippen LogP contribution in [0.4, 0.5) is 11.6 Å². The number of amides is 1. The molecule has 4 N–H and O–H groups in total. The van der Waals surface area contributed by atoms with E-state index in [-0.39, 0.29) is 0 Å². The van der Waals surface area contributed by atoms with Crippen molar-refractivity contribution >= 4 is 28.6 Å². The summed E-state index contributed by atoms with van der Waals surface area (Å²) in [6, 6.07) is 22.5. The SMILES string of the molecule is O=C(NO)c1ccc2nc(Nc3cccc(OCc4ccccc4)c3)[nH]c2c1. The van der Waals surface area contributed by atoms with Crippen molar-refractivity contribution in [1.82, 2.24) is 15.4 Å². The van der Waals surface area contributed by atoms with Crippen LogP contribution in [0.3, 0.4) is 0 Å². The average molecular weight is 374 g/mol. The van der Waals surface area contributed by atoms with Crippen LogP contribution in [-0.4, -0.2) is 21.1 Å². The number of H-pyrrole nitrogens is 1. The molecule has 7 nitrogen and oxygen atoms in total. The number of fused-ring (bicyclic) bond motifs is 1. The number of hydrogen-bond donors (Lipinski definition) is 4. The van der Waals surface area contributed by atoms with Gasteiger partial charge in [-0.15, -0.1) is 0 Å². The summed E-state index contributed by atoms with van der Waals surface area (Å²) in [5, 5.41) is 12.0. The molecule has 0 aliphatic heterocycles. The van der Waals surface area contributed by atoms with E-state index in [0.29, 0.717) is 29.2 Å². The Balaban J connectivity index is 1.48.